The van der Waals surface area contributed by atoms with Gasteiger partial charge in [-0.1, -0.05) is 109 Å². The first-order valence-electron chi connectivity index (χ1n) is 12.4. The third kappa shape index (κ3) is 3.76. The van der Waals surface area contributed by atoms with Crippen LogP contribution in [0.5, 0.6) is 0 Å². The van der Waals surface area contributed by atoms with Gasteiger partial charge in [-0.3, -0.25) is 4.98 Å². The van der Waals surface area contributed by atoms with Crippen LogP contribution in [0.3, 0.4) is 0 Å². The maximum atomic E-state index is 6.78. The van der Waals surface area contributed by atoms with Gasteiger partial charge in [-0.15, -0.1) is 0 Å². The standard InChI is InChI=1S/C35H22ClN/c36-28-20-25(27-18-24-12-4-9-17-33(24)37-22-27)19-26(21-28)35-31-15-7-5-13-29(31)34(23-10-2-1-3-11-23)30-14-6-8-16-32(30)35/h1-22H. The molecule has 0 aliphatic heterocycles. The van der Waals surface area contributed by atoms with Gasteiger partial charge in [-0.25, -0.2) is 0 Å². The van der Waals surface area contributed by atoms with E-state index in [9.17, 15) is 0 Å². The molecule has 1 nitrogen and oxygen atoms in total. The van der Waals surface area contributed by atoms with Crippen LogP contribution >= 0.6 is 11.6 Å². The highest BCUT2D eigenvalue weighted by Crippen LogP contribution is 2.44. The van der Waals surface area contributed by atoms with E-state index in [4.69, 9.17) is 16.6 Å². The van der Waals surface area contributed by atoms with Crippen molar-refractivity contribution in [1.82, 2.24) is 4.98 Å². The van der Waals surface area contributed by atoms with Gasteiger partial charge >= 0.3 is 0 Å². The van der Waals surface area contributed by atoms with Gasteiger partial charge < -0.3 is 0 Å². The summed E-state index contributed by atoms with van der Waals surface area (Å²) in [5.74, 6) is 0. The first-order valence-corrected chi connectivity index (χ1v) is 12.8. The minimum atomic E-state index is 0.709. The summed E-state index contributed by atoms with van der Waals surface area (Å²) in [5.41, 5.74) is 7.87. The Labute approximate surface area is 220 Å². The second-order valence-corrected chi connectivity index (χ2v) is 9.79. The molecule has 0 bridgehead atoms. The maximum absolute atomic E-state index is 6.78. The lowest BCUT2D eigenvalue weighted by Crippen LogP contribution is -1.91. The molecule has 0 atom stereocenters. The average molecular weight is 492 g/mol. The fourth-order valence-electron chi connectivity index (χ4n) is 5.48. The smallest absolute Gasteiger partial charge is 0.0702 e. The molecule has 37 heavy (non-hydrogen) atoms. The Morgan fingerprint density at radius 2 is 0.973 bits per heavy atom. The third-order valence-electron chi connectivity index (χ3n) is 7.10. The summed E-state index contributed by atoms with van der Waals surface area (Å²) in [7, 11) is 0. The first kappa shape index (κ1) is 21.8. The number of fused-ring (bicyclic) bond motifs is 3. The van der Waals surface area contributed by atoms with Gasteiger partial charge in [0, 0.05) is 22.2 Å². The predicted molar refractivity (Wildman–Crippen MR) is 158 cm³/mol. The number of halogens is 1. The molecule has 174 valence electrons. The molecule has 0 saturated heterocycles. The molecule has 0 fully saturated rings. The Kier molecular flexibility index (Phi) is 5.23. The summed E-state index contributed by atoms with van der Waals surface area (Å²) in [6.45, 7) is 0. The average Bonchev–Trinajstić information content (AvgIpc) is 2.95. The molecule has 0 unspecified atom stereocenters. The summed E-state index contributed by atoms with van der Waals surface area (Å²) in [6, 6.07) is 44.8. The van der Waals surface area contributed by atoms with Crippen molar-refractivity contribution in [1.29, 1.82) is 0 Å². The molecule has 0 amide bonds. The van der Waals surface area contributed by atoms with Crippen molar-refractivity contribution >= 4 is 44.0 Å². The summed E-state index contributed by atoms with van der Waals surface area (Å²) in [6.07, 6.45) is 1.94. The van der Waals surface area contributed by atoms with Gasteiger partial charge in [0.05, 0.1) is 5.52 Å². The number of pyridine rings is 1. The molecular weight excluding hydrogens is 470 g/mol. The zero-order valence-corrected chi connectivity index (χ0v) is 20.8. The Morgan fingerprint density at radius 3 is 1.65 bits per heavy atom. The van der Waals surface area contributed by atoms with E-state index in [2.05, 4.69) is 103 Å². The fraction of sp³-hybridized carbons (Fsp3) is 0. The van der Waals surface area contributed by atoms with Crippen LogP contribution in [-0.4, -0.2) is 4.98 Å². The summed E-state index contributed by atoms with van der Waals surface area (Å²) in [5, 5.41) is 6.72. The van der Waals surface area contributed by atoms with E-state index in [0.29, 0.717) is 5.02 Å². The SMILES string of the molecule is Clc1cc(-c2cnc3ccccc3c2)cc(-c2c3ccccc3c(-c3ccccc3)c3ccccc23)c1. The van der Waals surface area contributed by atoms with Crippen molar-refractivity contribution in [3.63, 3.8) is 0 Å². The molecule has 0 saturated carbocycles. The molecule has 7 rings (SSSR count). The van der Waals surface area contributed by atoms with Crippen LogP contribution < -0.4 is 0 Å². The van der Waals surface area contributed by atoms with Gasteiger partial charge in [-0.05, 0) is 79.7 Å². The van der Waals surface area contributed by atoms with Gasteiger partial charge in [0.15, 0.2) is 0 Å². The van der Waals surface area contributed by atoms with Gasteiger partial charge in [0.25, 0.3) is 0 Å². The Balaban J connectivity index is 1.53. The van der Waals surface area contributed by atoms with Crippen molar-refractivity contribution in [3.8, 4) is 33.4 Å². The number of rotatable bonds is 3. The van der Waals surface area contributed by atoms with Crippen LogP contribution in [0, 0.1) is 0 Å². The largest absolute Gasteiger partial charge is 0.256 e. The number of benzene rings is 6. The monoisotopic (exact) mass is 491 g/mol. The van der Waals surface area contributed by atoms with Crippen LogP contribution in [0.2, 0.25) is 5.02 Å². The van der Waals surface area contributed by atoms with Gasteiger partial charge in [-0.2, -0.15) is 0 Å². The van der Waals surface area contributed by atoms with E-state index in [1.54, 1.807) is 0 Å². The van der Waals surface area contributed by atoms with Crippen LogP contribution in [-0.2, 0) is 0 Å². The topological polar surface area (TPSA) is 12.9 Å². The van der Waals surface area contributed by atoms with Crippen molar-refractivity contribution < 1.29 is 0 Å². The minimum Gasteiger partial charge on any atom is -0.256 e. The Morgan fingerprint density at radius 1 is 0.432 bits per heavy atom. The van der Waals surface area contributed by atoms with Crippen molar-refractivity contribution in [2.45, 2.75) is 0 Å². The zero-order chi connectivity index (χ0) is 24.8. The van der Waals surface area contributed by atoms with Crippen LogP contribution in [0.4, 0.5) is 0 Å². The lowest BCUT2D eigenvalue weighted by atomic mass is 9.85. The molecule has 0 aliphatic carbocycles. The number of hydrogen-bond acceptors (Lipinski definition) is 1. The zero-order valence-electron chi connectivity index (χ0n) is 20.0. The van der Waals surface area contributed by atoms with Crippen molar-refractivity contribution in [2.75, 3.05) is 0 Å². The summed E-state index contributed by atoms with van der Waals surface area (Å²) >= 11 is 6.78. The van der Waals surface area contributed by atoms with E-state index < -0.39 is 0 Å². The van der Waals surface area contributed by atoms with Crippen molar-refractivity contribution in [2.24, 2.45) is 0 Å². The van der Waals surface area contributed by atoms with Gasteiger partial charge in [0.1, 0.15) is 0 Å². The van der Waals surface area contributed by atoms with E-state index in [0.717, 1.165) is 27.6 Å². The molecule has 1 aromatic heterocycles. The maximum Gasteiger partial charge on any atom is 0.0702 e. The Bertz CT molecular complexity index is 1880. The first-order chi connectivity index (χ1) is 18.3. The van der Waals surface area contributed by atoms with Crippen LogP contribution in [0.15, 0.2) is 134 Å². The molecule has 0 spiro atoms. The molecule has 6 aromatic carbocycles. The quantitative estimate of drug-likeness (QED) is 0.224. The molecule has 7 aromatic rings. The molecule has 0 radical (unpaired) electrons. The number of hydrogen-bond donors (Lipinski definition) is 0. The number of nitrogens with zero attached hydrogens (tertiary/aromatic N) is 1. The third-order valence-corrected chi connectivity index (χ3v) is 7.32. The highest BCUT2D eigenvalue weighted by molar-refractivity contribution is 6.31. The lowest BCUT2D eigenvalue weighted by molar-refractivity contribution is 1.41. The van der Waals surface area contributed by atoms with E-state index in [-0.39, 0.29) is 0 Å². The molecule has 1 heterocycles. The summed E-state index contributed by atoms with van der Waals surface area (Å²) in [4.78, 5) is 4.69. The van der Waals surface area contributed by atoms with E-state index in [1.807, 2.05) is 30.5 Å². The number of para-hydroxylation sites is 1. The van der Waals surface area contributed by atoms with E-state index >= 15 is 0 Å². The predicted octanol–water partition coefficient (Wildman–Crippen LogP) is 10.2. The second kappa shape index (κ2) is 8.89. The summed E-state index contributed by atoms with van der Waals surface area (Å²) < 4.78 is 0. The molecule has 0 aliphatic rings. The van der Waals surface area contributed by atoms with Gasteiger partial charge in [0.2, 0.25) is 0 Å². The lowest BCUT2D eigenvalue weighted by Gasteiger charge is -2.18. The highest BCUT2D eigenvalue weighted by Gasteiger charge is 2.17. The molecule has 0 N–H and O–H groups in total. The number of aromatic nitrogens is 1. The fourth-order valence-corrected chi connectivity index (χ4v) is 5.72. The Hall–Kier alpha value is -4.46. The minimum absolute atomic E-state index is 0.709. The van der Waals surface area contributed by atoms with Crippen molar-refractivity contribution in [3.05, 3.63) is 139 Å². The normalized spacial score (nSPS) is 11.4. The van der Waals surface area contributed by atoms with Crippen LogP contribution in [0.25, 0.3) is 65.8 Å². The van der Waals surface area contributed by atoms with E-state index in [1.165, 1.54) is 38.2 Å². The second-order valence-electron chi connectivity index (χ2n) is 9.35. The molecular formula is C35H22ClN. The van der Waals surface area contributed by atoms with Crippen LogP contribution in [0.1, 0.15) is 0 Å². The molecule has 2 heteroatoms. The highest BCUT2D eigenvalue weighted by atomic mass is 35.5.